The van der Waals surface area contributed by atoms with Crippen molar-refractivity contribution < 1.29 is 9.59 Å². The third-order valence-electron chi connectivity index (χ3n) is 5.95. The average Bonchev–Trinajstić information content (AvgIpc) is 3.18. The number of primary amides is 1. The van der Waals surface area contributed by atoms with E-state index in [1.165, 1.54) is 16.5 Å². The molecular formula is C23H26N4O2. The molecule has 0 saturated carbocycles. The van der Waals surface area contributed by atoms with Crippen LogP contribution in [0.5, 0.6) is 0 Å². The maximum atomic E-state index is 12.7. The SMILES string of the molecule is CC(C(=O)Nc1ccc(C(N)=O)cc1)N1CCC(c2c[nH]c3ccccc23)CC1. The molecule has 0 spiro atoms. The van der Waals surface area contributed by atoms with Crippen LogP contribution in [0.15, 0.2) is 54.7 Å². The van der Waals surface area contributed by atoms with Gasteiger partial charge in [-0.05, 0) is 74.7 Å². The van der Waals surface area contributed by atoms with Crippen LogP contribution in [0.2, 0.25) is 0 Å². The number of carbonyl (C=O) groups excluding carboxylic acids is 2. The minimum absolute atomic E-state index is 0.0395. The van der Waals surface area contributed by atoms with E-state index in [2.05, 4.69) is 39.6 Å². The fraction of sp³-hybridized carbons (Fsp3) is 0.304. The lowest BCUT2D eigenvalue weighted by atomic mass is 9.88. The number of nitrogens with two attached hydrogens (primary N) is 1. The molecule has 2 amide bonds. The zero-order chi connectivity index (χ0) is 20.4. The third-order valence-corrected chi connectivity index (χ3v) is 5.95. The van der Waals surface area contributed by atoms with Crippen LogP contribution in [0.1, 0.15) is 41.6 Å². The number of piperidine rings is 1. The predicted octanol–water partition coefficient (Wildman–Crippen LogP) is 3.47. The van der Waals surface area contributed by atoms with Crippen LogP contribution >= 0.6 is 0 Å². The fourth-order valence-electron chi connectivity index (χ4n) is 4.16. The Morgan fingerprint density at radius 2 is 1.79 bits per heavy atom. The molecule has 6 nitrogen and oxygen atoms in total. The van der Waals surface area contributed by atoms with E-state index in [0.717, 1.165) is 25.9 Å². The smallest absolute Gasteiger partial charge is 0.248 e. The number of anilines is 1. The van der Waals surface area contributed by atoms with Gasteiger partial charge in [-0.15, -0.1) is 0 Å². The molecule has 4 N–H and O–H groups in total. The van der Waals surface area contributed by atoms with Crippen molar-refractivity contribution in [3.8, 4) is 0 Å². The molecule has 4 rings (SSSR count). The number of aromatic amines is 1. The highest BCUT2D eigenvalue weighted by Gasteiger charge is 2.28. The summed E-state index contributed by atoms with van der Waals surface area (Å²) in [5.74, 6) is -0.00399. The number of amides is 2. The molecule has 29 heavy (non-hydrogen) atoms. The van der Waals surface area contributed by atoms with Crippen molar-refractivity contribution >= 4 is 28.4 Å². The Labute approximate surface area is 170 Å². The Bertz CT molecular complexity index is 1020. The average molecular weight is 390 g/mol. The summed E-state index contributed by atoms with van der Waals surface area (Å²) in [6.07, 6.45) is 4.20. The second kappa shape index (κ2) is 8.09. The summed E-state index contributed by atoms with van der Waals surface area (Å²) in [7, 11) is 0. The lowest BCUT2D eigenvalue weighted by molar-refractivity contribution is -0.121. The van der Waals surface area contributed by atoms with Crippen molar-refractivity contribution in [1.29, 1.82) is 0 Å². The van der Waals surface area contributed by atoms with E-state index in [-0.39, 0.29) is 11.9 Å². The number of hydrogen-bond donors (Lipinski definition) is 3. The number of nitrogens with zero attached hydrogens (tertiary/aromatic N) is 1. The first-order valence-corrected chi connectivity index (χ1v) is 10.0. The van der Waals surface area contributed by atoms with Gasteiger partial charge in [0, 0.05) is 28.4 Å². The summed E-state index contributed by atoms with van der Waals surface area (Å²) in [6, 6.07) is 14.8. The highest BCUT2D eigenvalue weighted by atomic mass is 16.2. The third kappa shape index (κ3) is 4.03. The topological polar surface area (TPSA) is 91.2 Å². The molecule has 6 heteroatoms. The summed E-state index contributed by atoms with van der Waals surface area (Å²) in [5.41, 5.74) is 8.91. The standard InChI is InChI=1S/C23H26N4O2/c1-15(23(29)26-18-8-6-17(7-9-18)22(24)28)27-12-10-16(11-13-27)20-14-25-21-5-3-2-4-19(20)21/h2-9,14-16,25H,10-13H2,1H3,(H2,24,28)(H,26,29). The van der Waals surface area contributed by atoms with Gasteiger partial charge in [0.2, 0.25) is 11.8 Å². The lowest BCUT2D eigenvalue weighted by Crippen LogP contribution is -2.45. The van der Waals surface area contributed by atoms with E-state index in [1.807, 2.05) is 13.0 Å². The number of fused-ring (bicyclic) bond motifs is 1. The Kier molecular flexibility index (Phi) is 5.36. The number of benzene rings is 2. The van der Waals surface area contributed by atoms with E-state index in [9.17, 15) is 9.59 Å². The van der Waals surface area contributed by atoms with Crippen LogP contribution in [0.4, 0.5) is 5.69 Å². The molecule has 1 fully saturated rings. The van der Waals surface area contributed by atoms with Crippen molar-refractivity contribution in [2.45, 2.75) is 31.7 Å². The Morgan fingerprint density at radius 3 is 2.48 bits per heavy atom. The van der Waals surface area contributed by atoms with Crippen LogP contribution in [0.3, 0.4) is 0 Å². The molecule has 2 heterocycles. The van der Waals surface area contributed by atoms with Gasteiger partial charge in [0.25, 0.3) is 0 Å². The molecule has 2 aromatic carbocycles. The number of hydrogen-bond acceptors (Lipinski definition) is 3. The molecule has 150 valence electrons. The van der Waals surface area contributed by atoms with Gasteiger partial charge in [0.05, 0.1) is 6.04 Å². The highest BCUT2D eigenvalue weighted by Crippen LogP contribution is 2.33. The van der Waals surface area contributed by atoms with Crippen molar-refractivity contribution in [3.05, 3.63) is 65.9 Å². The molecule has 1 unspecified atom stereocenters. The molecule has 1 saturated heterocycles. The Balaban J connectivity index is 1.35. The Hall–Kier alpha value is -3.12. The summed E-state index contributed by atoms with van der Waals surface area (Å²) in [5, 5.41) is 4.23. The molecule has 0 bridgehead atoms. The van der Waals surface area contributed by atoms with Crippen molar-refractivity contribution in [1.82, 2.24) is 9.88 Å². The first-order valence-electron chi connectivity index (χ1n) is 10.0. The maximum absolute atomic E-state index is 12.7. The van der Waals surface area contributed by atoms with Crippen molar-refractivity contribution in [2.24, 2.45) is 5.73 Å². The molecule has 1 aliphatic rings. The summed E-state index contributed by atoms with van der Waals surface area (Å²) in [4.78, 5) is 29.4. The van der Waals surface area contributed by atoms with Gasteiger partial charge in [-0.25, -0.2) is 0 Å². The molecule has 1 aliphatic heterocycles. The number of para-hydroxylation sites is 1. The van der Waals surface area contributed by atoms with E-state index < -0.39 is 5.91 Å². The highest BCUT2D eigenvalue weighted by molar-refractivity contribution is 5.96. The van der Waals surface area contributed by atoms with Gasteiger partial charge < -0.3 is 16.0 Å². The summed E-state index contributed by atoms with van der Waals surface area (Å²) >= 11 is 0. The molecule has 0 aliphatic carbocycles. The zero-order valence-corrected chi connectivity index (χ0v) is 16.5. The van der Waals surface area contributed by atoms with Gasteiger partial charge in [-0.1, -0.05) is 18.2 Å². The van der Waals surface area contributed by atoms with Crippen LogP contribution < -0.4 is 11.1 Å². The first-order chi connectivity index (χ1) is 14.0. The number of likely N-dealkylation sites (tertiary alicyclic amines) is 1. The first kappa shape index (κ1) is 19.2. The second-order valence-electron chi connectivity index (χ2n) is 7.71. The van der Waals surface area contributed by atoms with Gasteiger partial charge in [0.1, 0.15) is 0 Å². The van der Waals surface area contributed by atoms with Gasteiger partial charge in [-0.2, -0.15) is 0 Å². The van der Waals surface area contributed by atoms with Gasteiger partial charge in [-0.3, -0.25) is 14.5 Å². The summed E-state index contributed by atoms with van der Waals surface area (Å²) < 4.78 is 0. The number of rotatable bonds is 5. The normalized spacial score (nSPS) is 16.6. The number of carbonyl (C=O) groups is 2. The number of aromatic nitrogens is 1. The molecular weight excluding hydrogens is 364 g/mol. The Morgan fingerprint density at radius 1 is 1.10 bits per heavy atom. The van der Waals surface area contributed by atoms with Gasteiger partial charge in [0.15, 0.2) is 0 Å². The minimum Gasteiger partial charge on any atom is -0.366 e. The van der Waals surface area contributed by atoms with E-state index in [0.29, 0.717) is 17.2 Å². The van der Waals surface area contributed by atoms with Crippen LogP contribution in [-0.2, 0) is 4.79 Å². The van der Waals surface area contributed by atoms with Gasteiger partial charge >= 0.3 is 0 Å². The second-order valence-corrected chi connectivity index (χ2v) is 7.71. The number of H-pyrrole nitrogens is 1. The van der Waals surface area contributed by atoms with Crippen LogP contribution in [0, 0.1) is 0 Å². The molecule has 0 radical (unpaired) electrons. The largest absolute Gasteiger partial charge is 0.366 e. The van der Waals surface area contributed by atoms with Crippen LogP contribution in [-0.4, -0.2) is 40.8 Å². The van der Waals surface area contributed by atoms with Crippen molar-refractivity contribution in [3.63, 3.8) is 0 Å². The fourth-order valence-corrected chi connectivity index (χ4v) is 4.16. The summed E-state index contributed by atoms with van der Waals surface area (Å²) in [6.45, 7) is 3.72. The van der Waals surface area contributed by atoms with Crippen LogP contribution in [0.25, 0.3) is 10.9 Å². The minimum atomic E-state index is -0.477. The maximum Gasteiger partial charge on any atom is 0.248 e. The number of nitrogens with one attached hydrogen (secondary N) is 2. The molecule has 1 aromatic heterocycles. The quantitative estimate of drug-likeness (QED) is 0.623. The zero-order valence-electron chi connectivity index (χ0n) is 16.5. The monoisotopic (exact) mass is 390 g/mol. The lowest BCUT2D eigenvalue weighted by Gasteiger charge is -2.35. The van der Waals surface area contributed by atoms with Crippen molar-refractivity contribution in [2.75, 3.05) is 18.4 Å². The molecule has 1 atom stereocenters. The molecule has 3 aromatic rings. The predicted molar refractivity (Wildman–Crippen MR) is 115 cm³/mol. The van der Waals surface area contributed by atoms with E-state index >= 15 is 0 Å². The van der Waals surface area contributed by atoms with E-state index in [4.69, 9.17) is 5.73 Å². The van der Waals surface area contributed by atoms with E-state index in [1.54, 1.807) is 24.3 Å².